The number of aromatic nitrogens is 4. The Hall–Kier alpha value is -2.77. The smallest absolute Gasteiger partial charge is 0.326 e. The van der Waals surface area contributed by atoms with Crippen molar-refractivity contribution in [2.45, 2.75) is 19.9 Å². The van der Waals surface area contributed by atoms with Crippen LogP contribution in [0.1, 0.15) is 24.2 Å². The van der Waals surface area contributed by atoms with Crippen molar-refractivity contribution in [1.82, 2.24) is 25.5 Å². The number of aliphatic carboxylic acids is 1. The van der Waals surface area contributed by atoms with Crippen LogP contribution >= 0.6 is 0 Å². The molecular formula is C13H15N5O3. The summed E-state index contributed by atoms with van der Waals surface area (Å²) in [7, 11) is 0. The molecule has 0 saturated carbocycles. The molecule has 0 bridgehead atoms. The van der Waals surface area contributed by atoms with Gasteiger partial charge in [0.15, 0.2) is 0 Å². The Bertz CT molecular complexity index is 639. The van der Waals surface area contributed by atoms with Crippen molar-refractivity contribution < 1.29 is 14.7 Å². The first-order valence-electron chi connectivity index (χ1n) is 6.36. The van der Waals surface area contributed by atoms with E-state index in [4.69, 9.17) is 5.11 Å². The van der Waals surface area contributed by atoms with Gasteiger partial charge in [0.1, 0.15) is 12.4 Å². The quantitative estimate of drug-likeness (QED) is 0.829. The third kappa shape index (κ3) is 3.41. The molecule has 1 amide bonds. The minimum atomic E-state index is -1.06. The first kappa shape index (κ1) is 14.6. The number of hydrogen-bond donors (Lipinski definition) is 2. The molecule has 0 spiro atoms. The van der Waals surface area contributed by atoms with Gasteiger partial charge < -0.3 is 10.4 Å². The lowest BCUT2D eigenvalue weighted by atomic mass is 10.0. The maximum Gasteiger partial charge on any atom is 0.326 e. The number of nitrogens with one attached hydrogen (secondary N) is 1. The number of tetrazole rings is 1. The summed E-state index contributed by atoms with van der Waals surface area (Å²) >= 11 is 0. The van der Waals surface area contributed by atoms with Crippen molar-refractivity contribution in [2.24, 2.45) is 5.92 Å². The van der Waals surface area contributed by atoms with Crippen molar-refractivity contribution in [3.8, 4) is 5.69 Å². The standard InChI is InChI=1S/C13H15N5O3/c1-8(2)11(13(20)21)15-12(19)9-4-3-5-10(6-9)18-7-14-16-17-18/h3-8,11H,1-2H3,(H,15,19)(H,20,21)/t11-/m0/s1. The number of benzene rings is 1. The topological polar surface area (TPSA) is 110 Å². The summed E-state index contributed by atoms with van der Waals surface area (Å²) in [5, 5.41) is 22.4. The van der Waals surface area contributed by atoms with E-state index in [0.717, 1.165) is 0 Å². The molecule has 0 aliphatic carbocycles. The summed E-state index contributed by atoms with van der Waals surface area (Å²) in [5.41, 5.74) is 0.957. The van der Waals surface area contributed by atoms with Gasteiger partial charge in [-0.3, -0.25) is 4.79 Å². The molecule has 1 atom stereocenters. The lowest BCUT2D eigenvalue weighted by Gasteiger charge is -2.18. The first-order valence-corrected chi connectivity index (χ1v) is 6.36. The van der Waals surface area contributed by atoms with Gasteiger partial charge in [0.05, 0.1) is 5.69 Å². The van der Waals surface area contributed by atoms with Crippen LogP contribution in [0.5, 0.6) is 0 Å². The number of carboxylic acid groups (broad SMARTS) is 1. The van der Waals surface area contributed by atoms with Crippen LogP contribution in [0, 0.1) is 5.92 Å². The Balaban J connectivity index is 2.20. The minimum Gasteiger partial charge on any atom is -0.480 e. The molecule has 1 heterocycles. The lowest BCUT2D eigenvalue weighted by Crippen LogP contribution is -2.44. The lowest BCUT2D eigenvalue weighted by molar-refractivity contribution is -0.140. The second kappa shape index (κ2) is 6.12. The average Bonchev–Trinajstić information content (AvgIpc) is 2.98. The van der Waals surface area contributed by atoms with E-state index in [1.807, 2.05) is 0 Å². The van der Waals surface area contributed by atoms with Crippen molar-refractivity contribution >= 4 is 11.9 Å². The van der Waals surface area contributed by atoms with Crippen molar-refractivity contribution in [3.63, 3.8) is 0 Å². The van der Waals surface area contributed by atoms with Gasteiger partial charge in [-0.25, -0.2) is 9.48 Å². The van der Waals surface area contributed by atoms with Gasteiger partial charge in [-0.1, -0.05) is 19.9 Å². The molecule has 0 fully saturated rings. The van der Waals surface area contributed by atoms with Crippen LogP contribution in [0.4, 0.5) is 0 Å². The van der Waals surface area contributed by atoms with Crippen LogP contribution in [0.2, 0.25) is 0 Å². The van der Waals surface area contributed by atoms with E-state index >= 15 is 0 Å². The van der Waals surface area contributed by atoms with Crippen molar-refractivity contribution in [1.29, 1.82) is 0 Å². The first-order chi connectivity index (χ1) is 9.99. The second-order valence-electron chi connectivity index (χ2n) is 4.84. The molecule has 2 aromatic rings. The van der Waals surface area contributed by atoms with E-state index in [1.165, 1.54) is 11.0 Å². The van der Waals surface area contributed by atoms with Gasteiger partial charge in [-0.2, -0.15) is 0 Å². The Morgan fingerprint density at radius 2 is 2.10 bits per heavy atom. The Labute approximate surface area is 120 Å². The average molecular weight is 289 g/mol. The van der Waals surface area contributed by atoms with E-state index < -0.39 is 17.9 Å². The summed E-state index contributed by atoms with van der Waals surface area (Å²) < 4.78 is 1.41. The van der Waals surface area contributed by atoms with E-state index in [-0.39, 0.29) is 5.92 Å². The van der Waals surface area contributed by atoms with Gasteiger partial charge in [0.2, 0.25) is 0 Å². The van der Waals surface area contributed by atoms with Gasteiger partial charge in [-0.05, 0) is 34.5 Å². The SMILES string of the molecule is CC(C)[C@H](NC(=O)c1cccc(-n2cnnn2)c1)C(=O)O. The van der Waals surface area contributed by atoms with Crippen LogP contribution in [0.3, 0.4) is 0 Å². The second-order valence-corrected chi connectivity index (χ2v) is 4.84. The predicted molar refractivity (Wildman–Crippen MR) is 72.9 cm³/mol. The summed E-state index contributed by atoms with van der Waals surface area (Å²) in [6.45, 7) is 3.47. The maximum absolute atomic E-state index is 12.2. The monoisotopic (exact) mass is 289 g/mol. The summed E-state index contributed by atoms with van der Waals surface area (Å²) in [6, 6.07) is 5.67. The van der Waals surface area contributed by atoms with Gasteiger partial charge >= 0.3 is 5.97 Å². The number of amides is 1. The fourth-order valence-corrected chi connectivity index (χ4v) is 1.81. The fourth-order valence-electron chi connectivity index (χ4n) is 1.81. The van der Waals surface area contributed by atoms with E-state index in [2.05, 4.69) is 20.8 Å². The van der Waals surface area contributed by atoms with E-state index in [1.54, 1.807) is 38.1 Å². The van der Waals surface area contributed by atoms with Crippen LogP contribution in [-0.4, -0.2) is 43.2 Å². The molecule has 0 aliphatic heterocycles. The molecule has 1 aromatic heterocycles. The number of hydrogen-bond acceptors (Lipinski definition) is 5. The highest BCUT2D eigenvalue weighted by atomic mass is 16.4. The van der Waals surface area contributed by atoms with Crippen molar-refractivity contribution in [3.05, 3.63) is 36.2 Å². The van der Waals surface area contributed by atoms with Gasteiger partial charge in [0, 0.05) is 5.56 Å². The van der Waals surface area contributed by atoms with E-state index in [0.29, 0.717) is 11.3 Å². The highest BCUT2D eigenvalue weighted by Gasteiger charge is 2.24. The highest BCUT2D eigenvalue weighted by Crippen LogP contribution is 2.10. The highest BCUT2D eigenvalue weighted by molar-refractivity contribution is 5.97. The molecule has 21 heavy (non-hydrogen) atoms. The fraction of sp³-hybridized carbons (Fsp3) is 0.308. The number of nitrogens with zero attached hydrogens (tertiary/aromatic N) is 4. The van der Waals surface area contributed by atoms with Crippen LogP contribution in [0.25, 0.3) is 5.69 Å². The number of rotatable bonds is 5. The molecule has 0 aliphatic rings. The Morgan fingerprint density at radius 1 is 1.33 bits per heavy atom. The molecular weight excluding hydrogens is 274 g/mol. The zero-order valence-electron chi connectivity index (χ0n) is 11.6. The van der Waals surface area contributed by atoms with Crippen LogP contribution in [0.15, 0.2) is 30.6 Å². The molecule has 1 aromatic carbocycles. The zero-order chi connectivity index (χ0) is 15.4. The zero-order valence-corrected chi connectivity index (χ0v) is 11.6. The third-order valence-corrected chi connectivity index (χ3v) is 2.94. The van der Waals surface area contributed by atoms with Crippen LogP contribution in [-0.2, 0) is 4.79 Å². The number of carbonyl (C=O) groups is 2. The molecule has 0 radical (unpaired) electrons. The molecule has 2 N–H and O–H groups in total. The minimum absolute atomic E-state index is 0.214. The molecule has 2 rings (SSSR count). The summed E-state index contributed by atoms with van der Waals surface area (Å²) in [6.07, 6.45) is 1.41. The number of carboxylic acids is 1. The molecule has 110 valence electrons. The summed E-state index contributed by atoms with van der Waals surface area (Å²) in [4.78, 5) is 23.3. The van der Waals surface area contributed by atoms with Gasteiger partial charge in [0.25, 0.3) is 5.91 Å². The molecule has 8 nitrogen and oxygen atoms in total. The molecule has 0 saturated heterocycles. The predicted octanol–water partition coefficient (Wildman–Crippen LogP) is 0.501. The Morgan fingerprint density at radius 3 is 2.67 bits per heavy atom. The third-order valence-electron chi connectivity index (χ3n) is 2.94. The molecule has 8 heteroatoms. The maximum atomic E-state index is 12.2. The largest absolute Gasteiger partial charge is 0.480 e. The Kier molecular flexibility index (Phi) is 4.27. The molecule has 0 unspecified atom stereocenters. The van der Waals surface area contributed by atoms with Crippen molar-refractivity contribution in [2.75, 3.05) is 0 Å². The van der Waals surface area contributed by atoms with Crippen LogP contribution < -0.4 is 5.32 Å². The summed E-state index contributed by atoms with van der Waals surface area (Å²) in [5.74, 6) is -1.73. The normalized spacial score (nSPS) is 12.1. The van der Waals surface area contributed by atoms with E-state index in [9.17, 15) is 9.59 Å². The van der Waals surface area contributed by atoms with Gasteiger partial charge in [-0.15, -0.1) is 5.10 Å². The number of carbonyl (C=O) groups excluding carboxylic acids is 1.